The molecule has 1 N–H and O–H groups in total. The lowest BCUT2D eigenvalue weighted by Crippen LogP contribution is -2.23. The van der Waals surface area contributed by atoms with E-state index < -0.39 is 0 Å². The molecule has 2 aromatic carbocycles. The van der Waals surface area contributed by atoms with E-state index in [2.05, 4.69) is 5.32 Å². The number of nitrogens with one attached hydrogen (secondary N) is 1. The molecule has 0 aliphatic rings. The standard InChI is InChI=1S/C17H19NO3/c1-12-9-16(21-3)14(10-15(12)20-2)11-18-17(19)13-7-5-4-6-8-13/h4-10H,11H2,1-3H3,(H,18,19). The number of hydrogen-bond acceptors (Lipinski definition) is 3. The fourth-order valence-electron chi connectivity index (χ4n) is 2.12. The zero-order valence-corrected chi connectivity index (χ0v) is 12.5. The van der Waals surface area contributed by atoms with Crippen molar-refractivity contribution in [3.8, 4) is 11.5 Å². The van der Waals surface area contributed by atoms with Crippen molar-refractivity contribution in [1.82, 2.24) is 5.32 Å². The Morgan fingerprint density at radius 1 is 1.05 bits per heavy atom. The summed E-state index contributed by atoms with van der Waals surface area (Å²) in [5, 5.41) is 2.89. The number of rotatable bonds is 5. The van der Waals surface area contributed by atoms with Gasteiger partial charge in [-0.3, -0.25) is 4.79 Å². The second-order valence-corrected chi connectivity index (χ2v) is 4.68. The Hall–Kier alpha value is -2.49. The van der Waals surface area contributed by atoms with E-state index in [-0.39, 0.29) is 5.91 Å². The summed E-state index contributed by atoms with van der Waals surface area (Å²) in [4.78, 5) is 12.1. The number of carbonyl (C=O) groups excluding carboxylic acids is 1. The molecule has 0 aliphatic heterocycles. The van der Waals surface area contributed by atoms with Crippen molar-refractivity contribution in [2.24, 2.45) is 0 Å². The highest BCUT2D eigenvalue weighted by molar-refractivity contribution is 5.94. The van der Waals surface area contributed by atoms with Gasteiger partial charge in [0.25, 0.3) is 5.91 Å². The Labute approximate surface area is 124 Å². The predicted octanol–water partition coefficient (Wildman–Crippen LogP) is 2.94. The summed E-state index contributed by atoms with van der Waals surface area (Å²) in [5.74, 6) is 1.40. The molecule has 1 amide bonds. The zero-order chi connectivity index (χ0) is 15.2. The quantitative estimate of drug-likeness (QED) is 0.918. The lowest BCUT2D eigenvalue weighted by molar-refractivity contribution is 0.0950. The first kappa shape index (κ1) is 14.9. The van der Waals surface area contributed by atoms with Crippen LogP contribution in [0.3, 0.4) is 0 Å². The van der Waals surface area contributed by atoms with Gasteiger partial charge in [-0.15, -0.1) is 0 Å². The second kappa shape index (κ2) is 6.79. The van der Waals surface area contributed by atoms with Crippen LogP contribution in [0.1, 0.15) is 21.5 Å². The SMILES string of the molecule is COc1cc(CNC(=O)c2ccccc2)c(OC)cc1C. The maximum atomic E-state index is 12.1. The van der Waals surface area contributed by atoms with Crippen LogP contribution in [0.2, 0.25) is 0 Å². The highest BCUT2D eigenvalue weighted by Crippen LogP contribution is 2.28. The van der Waals surface area contributed by atoms with Crippen molar-refractivity contribution in [2.45, 2.75) is 13.5 Å². The van der Waals surface area contributed by atoms with Gasteiger partial charge in [-0.1, -0.05) is 18.2 Å². The number of benzene rings is 2. The number of carbonyl (C=O) groups is 1. The predicted molar refractivity (Wildman–Crippen MR) is 81.9 cm³/mol. The molecule has 0 atom stereocenters. The highest BCUT2D eigenvalue weighted by atomic mass is 16.5. The van der Waals surface area contributed by atoms with Gasteiger partial charge in [0.05, 0.1) is 14.2 Å². The minimum Gasteiger partial charge on any atom is -0.496 e. The molecule has 4 nitrogen and oxygen atoms in total. The van der Waals surface area contributed by atoms with E-state index in [0.717, 1.165) is 22.6 Å². The van der Waals surface area contributed by atoms with Gasteiger partial charge in [0, 0.05) is 17.7 Å². The van der Waals surface area contributed by atoms with E-state index >= 15 is 0 Å². The topological polar surface area (TPSA) is 47.6 Å². The van der Waals surface area contributed by atoms with Gasteiger partial charge in [0.15, 0.2) is 0 Å². The van der Waals surface area contributed by atoms with Gasteiger partial charge >= 0.3 is 0 Å². The van der Waals surface area contributed by atoms with Crippen molar-refractivity contribution in [2.75, 3.05) is 14.2 Å². The molecule has 0 aromatic heterocycles. The van der Waals surface area contributed by atoms with E-state index in [4.69, 9.17) is 9.47 Å². The van der Waals surface area contributed by atoms with Crippen LogP contribution in [0.4, 0.5) is 0 Å². The van der Waals surface area contributed by atoms with Crippen molar-refractivity contribution in [3.63, 3.8) is 0 Å². The minimum atomic E-state index is -0.114. The maximum absolute atomic E-state index is 12.1. The average Bonchev–Trinajstić information content (AvgIpc) is 2.53. The number of amides is 1. The Kier molecular flexibility index (Phi) is 4.82. The number of methoxy groups -OCH3 is 2. The first-order chi connectivity index (χ1) is 10.2. The molecule has 0 fully saturated rings. The van der Waals surface area contributed by atoms with Gasteiger partial charge in [-0.2, -0.15) is 0 Å². The van der Waals surface area contributed by atoms with Crippen LogP contribution in [0.15, 0.2) is 42.5 Å². The monoisotopic (exact) mass is 285 g/mol. The molecular formula is C17H19NO3. The smallest absolute Gasteiger partial charge is 0.251 e. The van der Waals surface area contributed by atoms with E-state index in [9.17, 15) is 4.79 Å². The number of ether oxygens (including phenoxy) is 2. The molecular weight excluding hydrogens is 266 g/mol. The lowest BCUT2D eigenvalue weighted by Gasteiger charge is -2.13. The summed E-state index contributed by atoms with van der Waals surface area (Å²) in [6, 6.07) is 12.9. The molecule has 0 saturated carbocycles. The third kappa shape index (κ3) is 3.54. The highest BCUT2D eigenvalue weighted by Gasteiger charge is 2.10. The second-order valence-electron chi connectivity index (χ2n) is 4.68. The summed E-state index contributed by atoms with van der Waals surface area (Å²) in [5.41, 5.74) is 2.51. The van der Waals surface area contributed by atoms with Crippen LogP contribution >= 0.6 is 0 Å². The third-order valence-corrected chi connectivity index (χ3v) is 3.27. The molecule has 0 saturated heterocycles. The van der Waals surface area contributed by atoms with Crippen LogP contribution in [0, 0.1) is 6.92 Å². The molecule has 0 aliphatic carbocycles. The lowest BCUT2D eigenvalue weighted by atomic mass is 10.1. The Morgan fingerprint density at radius 2 is 1.71 bits per heavy atom. The van der Waals surface area contributed by atoms with Gasteiger partial charge in [0.1, 0.15) is 11.5 Å². The molecule has 2 rings (SSSR count). The zero-order valence-electron chi connectivity index (χ0n) is 12.5. The fraction of sp³-hybridized carbons (Fsp3) is 0.235. The van der Waals surface area contributed by atoms with E-state index in [1.54, 1.807) is 26.4 Å². The summed E-state index contributed by atoms with van der Waals surface area (Å²) >= 11 is 0. The average molecular weight is 285 g/mol. The van der Waals surface area contributed by atoms with Gasteiger partial charge in [-0.05, 0) is 36.8 Å². The third-order valence-electron chi connectivity index (χ3n) is 3.27. The van der Waals surface area contributed by atoms with Crippen LogP contribution in [-0.4, -0.2) is 20.1 Å². The summed E-state index contributed by atoms with van der Waals surface area (Å²) in [7, 11) is 3.24. The molecule has 21 heavy (non-hydrogen) atoms. The molecule has 4 heteroatoms. The fourth-order valence-corrected chi connectivity index (χ4v) is 2.12. The van der Waals surface area contributed by atoms with Gasteiger partial charge in [-0.25, -0.2) is 0 Å². The first-order valence-corrected chi connectivity index (χ1v) is 6.70. The maximum Gasteiger partial charge on any atom is 0.251 e. The van der Waals surface area contributed by atoms with Gasteiger partial charge < -0.3 is 14.8 Å². The van der Waals surface area contributed by atoms with Crippen molar-refractivity contribution < 1.29 is 14.3 Å². The molecule has 0 unspecified atom stereocenters. The molecule has 0 radical (unpaired) electrons. The molecule has 0 bridgehead atoms. The van der Waals surface area contributed by atoms with Crippen LogP contribution < -0.4 is 14.8 Å². The molecule has 0 heterocycles. The Bertz CT molecular complexity index is 623. The van der Waals surface area contributed by atoms with Crippen LogP contribution in [0.5, 0.6) is 11.5 Å². The Balaban J connectivity index is 2.14. The van der Waals surface area contributed by atoms with Crippen molar-refractivity contribution >= 4 is 5.91 Å². The van der Waals surface area contributed by atoms with E-state index in [0.29, 0.717) is 12.1 Å². The minimum absolute atomic E-state index is 0.114. The van der Waals surface area contributed by atoms with Crippen LogP contribution in [0.25, 0.3) is 0 Å². The van der Waals surface area contributed by atoms with Crippen molar-refractivity contribution in [3.05, 3.63) is 59.2 Å². The van der Waals surface area contributed by atoms with Crippen LogP contribution in [-0.2, 0) is 6.54 Å². The molecule has 2 aromatic rings. The summed E-state index contributed by atoms with van der Waals surface area (Å²) in [6.45, 7) is 2.33. The number of aryl methyl sites for hydroxylation is 1. The Morgan fingerprint density at radius 3 is 2.33 bits per heavy atom. The molecule has 0 spiro atoms. The normalized spacial score (nSPS) is 10.0. The van der Waals surface area contributed by atoms with Gasteiger partial charge in [0.2, 0.25) is 0 Å². The first-order valence-electron chi connectivity index (χ1n) is 6.70. The van der Waals surface area contributed by atoms with E-state index in [1.807, 2.05) is 37.3 Å². The largest absolute Gasteiger partial charge is 0.496 e. The summed E-state index contributed by atoms with van der Waals surface area (Å²) in [6.07, 6.45) is 0. The van der Waals surface area contributed by atoms with Crippen molar-refractivity contribution in [1.29, 1.82) is 0 Å². The van der Waals surface area contributed by atoms with E-state index in [1.165, 1.54) is 0 Å². The molecule has 110 valence electrons. The number of hydrogen-bond donors (Lipinski definition) is 1. The summed E-state index contributed by atoms with van der Waals surface area (Å²) < 4.78 is 10.7.